The molecule has 2 unspecified atom stereocenters. The number of guanidine groups is 1. The van der Waals surface area contributed by atoms with Crippen LogP contribution in [0.5, 0.6) is 5.75 Å². The lowest BCUT2D eigenvalue weighted by molar-refractivity contribution is -0.166. The van der Waals surface area contributed by atoms with Gasteiger partial charge in [-0.15, -0.1) is 0 Å². The van der Waals surface area contributed by atoms with Gasteiger partial charge >= 0.3 is 5.97 Å². The predicted molar refractivity (Wildman–Crippen MR) is 101 cm³/mol. The number of aliphatic imine (C=N–C) groups is 1. The Bertz CT molecular complexity index is 923. The summed E-state index contributed by atoms with van der Waals surface area (Å²) in [5, 5.41) is 21.2. The first-order valence-corrected chi connectivity index (χ1v) is 9.00. The van der Waals surface area contributed by atoms with Crippen molar-refractivity contribution in [2.24, 2.45) is 4.99 Å². The van der Waals surface area contributed by atoms with E-state index in [0.29, 0.717) is 23.8 Å². The third-order valence-corrected chi connectivity index (χ3v) is 4.84. The summed E-state index contributed by atoms with van der Waals surface area (Å²) in [7, 11) is 0. The number of nitrogens with zero attached hydrogens (tertiary/aromatic N) is 4. The maximum atomic E-state index is 11.9. The summed E-state index contributed by atoms with van der Waals surface area (Å²) in [6, 6.07) is 6.84. The lowest BCUT2D eigenvalue weighted by Gasteiger charge is -2.47. The molecular weight excluding hydrogens is 358 g/mol. The van der Waals surface area contributed by atoms with Crippen molar-refractivity contribution >= 4 is 11.9 Å². The van der Waals surface area contributed by atoms with Crippen molar-refractivity contribution in [3.05, 3.63) is 29.3 Å². The molecule has 0 aliphatic carbocycles. The maximum absolute atomic E-state index is 11.9. The van der Waals surface area contributed by atoms with Gasteiger partial charge in [0.2, 0.25) is 5.96 Å². The van der Waals surface area contributed by atoms with E-state index in [1.165, 1.54) is 6.92 Å². The molecule has 8 nitrogen and oxygen atoms in total. The molecule has 0 radical (unpaired) electrons. The summed E-state index contributed by atoms with van der Waals surface area (Å²) in [4.78, 5) is 18.4. The van der Waals surface area contributed by atoms with E-state index < -0.39 is 29.3 Å². The molecule has 146 valence electrons. The van der Waals surface area contributed by atoms with Crippen LogP contribution in [-0.2, 0) is 9.53 Å². The van der Waals surface area contributed by atoms with Gasteiger partial charge in [-0.25, -0.2) is 4.99 Å². The first-order valence-electron chi connectivity index (χ1n) is 9.00. The number of nitriles is 2. The van der Waals surface area contributed by atoms with Crippen LogP contribution in [0.2, 0.25) is 0 Å². The number of fused-ring (bicyclic) bond motifs is 1. The monoisotopic (exact) mass is 381 g/mol. The van der Waals surface area contributed by atoms with E-state index in [4.69, 9.17) is 9.47 Å². The summed E-state index contributed by atoms with van der Waals surface area (Å²) < 4.78 is 11.8. The Morgan fingerprint density at radius 1 is 1.36 bits per heavy atom. The molecule has 2 atom stereocenters. The van der Waals surface area contributed by atoms with Crippen molar-refractivity contribution in [1.29, 1.82) is 10.5 Å². The van der Waals surface area contributed by atoms with Crippen LogP contribution in [-0.4, -0.2) is 40.6 Å². The SMILES string of the molecule is CC(=O)OC1C(N2CC(C)(C)N=C2NC#N)c2cc(C#N)ccc2OC1(C)C. The molecule has 0 saturated carbocycles. The van der Waals surface area contributed by atoms with Crippen LogP contribution in [0.4, 0.5) is 0 Å². The quantitative estimate of drug-likeness (QED) is 0.475. The number of benzene rings is 1. The van der Waals surface area contributed by atoms with Crippen molar-refractivity contribution < 1.29 is 14.3 Å². The summed E-state index contributed by atoms with van der Waals surface area (Å²) in [6.45, 7) is 9.49. The van der Waals surface area contributed by atoms with E-state index in [1.807, 2.05) is 38.8 Å². The second-order valence-corrected chi connectivity index (χ2v) is 8.16. The number of ether oxygens (including phenoxy) is 2. The number of carbonyl (C=O) groups is 1. The molecule has 0 bridgehead atoms. The molecule has 2 heterocycles. The van der Waals surface area contributed by atoms with Crippen molar-refractivity contribution in [2.45, 2.75) is 57.9 Å². The van der Waals surface area contributed by atoms with E-state index in [9.17, 15) is 15.3 Å². The van der Waals surface area contributed by atoms with Crippen LogP contribution in [0, 0.1) is 22.8 Å². The number of esters is 1. The van der Waals surface area contributed by atoms with Crippen molar-refractivity contribution in [3.8, 4) is 18.0 Å². The van der Waals surface area contributed by atoms with Gasteiger partial charge in [0.15, 0.2) is 12.3 Å². The fourth-order valence-electron chi connectivity index (χ4n) is 3.80. The smallest absolute Gasteiger partial charge is 0.303 e. The lowest BCUT2D eigenvalue weighted by Crippen LogP contribution is -2.57. The number of nitrogens with one attached hydrogen (secondary N) is 1. The Morgan fingerprint density at radius 3 is 2.68 bits per heavy atom. The van der Waals surface area contributed by atoms with Crippen LogP contribution >= 0.6 is 0 Å². The Morgan fingerprint density at radius 2 is 2.07 bits per heavy atom. The highest BCUT2D eigenvalue weighted by molar-refractivity contribution is 5.84. The van der Waals surface area contributed by atoms with Crippen LogP contribution in [0.1, 0.15) is 51.8 Å². The number of rotatable bonds is 2. The Kier molecular flexibility index (Phi) is 4.68. The van der Waals surface area contributed by atoms with Gasteiger partial charge in [0.1, 0.15) is 17.4 Å². The van der Waals surface area contributed by atoms with Gasteiger partial charge in [-0.05, 0) is 45.9 Å². The van der Waals surface area contributed by atoms with E-state index >= 15 is 0 Å². The molecule has 2 aliphatic rings. The van der Waals surface area contributed by atoms with Crippen molar-refractivity contribution in [1.82, 2.24) is 10.2 Å². The lowest BCUT2D eigenvalue weighted by atomic mass is 9.84. The highest BCUT2D eigenvalue weighted by Crippen LogP contribution is 2.46. The summed E-state index contributed by atoms with van der Waals surface area (Å²) in [6.07, 6.45) is 1.25. The summed E-state index contributed by atoms with van der Waals surface area (Å²) in [5.41, 5.74) is -0.0780. The predicted octanol–water partition coefficient (Wildman–Crippen LogP) is 2.22. The van der Waals surface area contributed by atoms with E-state index in [-0.39, 0.29) is 0 Å². The average molecular weight is 381 g/mol. The third kappa shape index (κ3) is 3.46. The fraction of sp³-hybridized carbons (Fsp3) is 0.500. The Hall–Kier alpha value is -3.26. The molecule has 1 aromatic carbocycles. The topological polar surface area (TPSA) is 111 Å². The van der Waals surface area contributed by atoms with E-state index in [2.05, 4.69) is 16.4 Å². The molecule has 3 rings (SSSR count). The standard InChI is InChI=1S/C20H23N5O3/c1-12(26)27-17-16(25-10-19(2,3)24-18(25)23-11-22)14-8-13(9-21)6-7-15(14)28-20(17,4)5/h6-8,16-17H,10H2,1-5H3,(H,23,24). The average Bonchev–Trinajstić information content (AvgIpc) is 2.89. The molecule has 1 N–H and O–H groups in total. The van der Waals surface area contributed by atoms with Gasteiger partial charge in [-0.3, -0.25) is 10.1 Å². The Balaban J connectivity index is 2.19. The van der Waals surface area contributed by atoms with Crippen LogP contribution in [0.3, 0.4) is 0 Å². The largest absolute Gasteiger partial charge is 0.484 e. The van der Waals surface area contributed by atoms with Crippen molar-refractivity contribution in [2.75, 3.05) is 6.54 Å². The normalized spacial score (nSPS) is 24.1. The van der Waals surface area contributed by atoms with Crippen LogP contribution < -0.4 is 10.1 Å². The van der Waals surface area contributed by atoms with E-state index in [1.54, 1.807) is 18.2 Å². The minimum absolute atomic E-state index is 0.403. The summed E-state index contributed by atoms with van der Waals surface area (Å²) >= 11 is 0. The number of hydrogen-bond donors (Lipinski definition) is 1. The third-order valence-electron chi connectivity index (χ3n) is 4.84. The molecular formula is C20H23N5O3. The van der Waals surface area contributed by atoms with Gasteiger partial charge in [-0.1, -0.05) is 0 Å². The fourth-order valence-corrected chi connectivity index (χ4v) is 3.80. The van der Waals surface area contributed by atoms with Crippen LogP contribution in [0.25, 0.3) is 0 Å². The first kappa shape index (κ1) is 19.5. The minimum atomic E-state index is -0.831. The second kappa shape index (κ2) is 6.72. The zero-order valence-corrected chi connectivity index (χ0v) is 16.6. The minimum Gasteiger partial charge on any atom is -0.484 e. The van der Waals surface area contributed by atoms with Gasteiger partial charge in [0.25, 0.3) is 0 Å². The zero-order valence-electron chi connectivity index (χ0n) is 16.6. The Labute approximate surface area is 164 Å². The van der Waals surface area contributed by atoms with Crippen LogP contribution in [0.15, 0.2) is 23.2 Å². The van der Waals surface area contributed by atoms with Gasteiger partial charge in [-0.2, -0.15) is 10.5 Å². The maximum Gasteiger partial charge on any atom is 0.303 e. The van der Waals surface area contributed by atoms with E-state index in [0.717, 1.165) is 5.56 Å². The molecule has 2 aliphatic heterocycles. The molecule has 0 saturated heterocycles. The number of carbonyl (C=O) groups excluding carboxylic acids is 1. The molecule has 28 heavy (non-hydrogen) atoms. The molecule has 1 aromatic rings. The number of hydrogen-bond acceptors (Lipinski definition) is 8. The van der Waals surface area contributed by atoms with Gasteiger partial charge < -0.3 is 14.4 Å². The van der Waals surface area contributed by atoms with Gasteiger partial charge in [0, 0.05) is 19.0 Å². The van der Waals surface area contributed by atoms with Crippen molar-refractivity contribution in [3.63, 3.8) is 0 Å². The molecule has 0 fully saturated rings. The molecule has 0 spiro atoms. The zero-order chi connectivity index (χ0) is 20.7. The highest BCUT2D eigenvalue weighted by Gasteiger charge is 2.51. The first-order chi connectivity index (χ1) is 13.1. The van der Waals surface area contributed by atoms with Gasteiger partial charge in [0.05, 0.1) is 17.2 Å². The summed E-state index contributed by atoms with van der Waals surface area (Å²) in [5.74, 6) is 0.579. The molecule has 0 amide bonds. The molecule has 0 aromatic heterocycles. The molecule has 8 heteroatoms. The second-order valence-electron chi connectivity index (χ2n) is 8.16. The highest BCUT2D eigenvalue weighted by atomic mass is 16.6.